The fourth-order valence-electron chi connectivity index (χ4n) is 3.04. The van der Waals surface area contributed by atoms with Crippen LogP contribution in [0.15, 0.2) is 45.7 Å². The van der Waals surface area contributed by atoms with E-state index in [0.717, 1.165) is 11.3 Å². The van der Waals surface area contributed by atoms with Crippen LogP contribution < -0.4 is 15.0 Å². The molecular formula is C20H17FN4O4S2. The number of fused-ring (bicyclic) bond motifs is 1. The topological polar surface area (TPSA) is 96.2 Å². The second-order valence-corrected chi connectivity index (χ2v) is 8.96. The van der Waals surface area contributed by atoms with Gasteiger partial charge in [-0.3, -0.25) is 13.6 Å². The standard InChI is InChI=1S/C20H17FN4O4S2/c1-28-12-7-6-11(14(9-12)29-2)10-25-17(15-13(21)5-4-8-22-15)24-18-16(19(25)26)23-20(30-18)31(3)27/h4-9H,10H2,1-3H3. The summed E-state index contributed by atoms with van der Waals surface area (Å²) in [6.45, 7) is 0.0301. The van der Waals surface area contributed by atoms with Crippen molar-refractivity contribution in [1.29, 1.82) is 0 Å². The van der Waals surface area contributed by atoms with Crippen LogP contribution in [0.3, 0.4) is 0 Å². The number of nitrogens with zero attached hydrogens (tertiary/aromatic N) is 4. The lowest BCUT2D eigenvalue weighted by molar-refractivity contribution is 0.390. The van der Waals surface area contributed by atoms with Gasteiger partial charge in [0.15, 0.2) is 26.3 Å². The van der Waals surface area contributed by atoms with Gasteiger partial charge in [0.1, 0.15) is 17.2 Å². The van der Waals surface area contributed by atoms with Crippen molar-refractivity contribution in [2.45, 2.75) is 10.9 Å². The predicted octanol–water partition coefficient (Wildman–Crippen LogP) is 2.86. The van der Waals surface area contributed by atoms with Gasteiger partial charge in [-0.1, -0.05) is 11.3 Å². The summed E-state index contributed by atoms with van der Waals surface area (Å²) in [4.78, 5) is 26.4. The highest BCUT2D eigenvalue weighted by atomic mass is 32.2. The molecule has 31 heavy (non-hydrogen) atoms. The molecule has 0 aliphatic rings. The second-order valence-electron chi connectivity index (χ2n) is 6.43. The number of hydrogen-bond acceptors (Lipinski definition) is 8. The van der Waals surface area contributed by atoms with Gasteiger partial charge in [0.2, 0.25) is 0 Å². The number of benzene rings is 1. The lowest BCUT2D eigenvalue weighted by Crippen LogP contribution is -2.25. The van der Waals surface area contributed by atoms with E-state index >= 15 is 0 Å². The minimum Gasteiger partial charge on any atom is -0.497 e. The van der Waals surface area contributed by atoms with Gasteiger partial charge in [-0.05, 0) is 24.3 Å². The summed E-state index contributed by atoms with van der Waals surface area (Å²) in [6.07, 6.45) is 2.89. The first-order chi connectivity index (χ1) is 14.9. The molecule has 1 atom stereocenters. The van der Waals surface area contributed by atoms with Crippen molar-refractivity contribution < 1.29 is 18.1 Å². The van der Waals surface area contributed by atoms with Gasteiger partial charge in [0.05, 0.1) is 31.6 Å². The molecule has 1 aromatic carbocycles. The quantitative estimate of drug-likeness (QED) is 0.437. The highest BCUT2D eigenvalue weighted by Crippen LogP contribution is 2.28. The minimum absolute atomic E-state index is 0.0301. The first kappa shape index (κ1) is 21.1. The number of hydrogen-bond donors (Lipinski definition) is 0. The fourth-order valence-corrected chi connectivity index (χ4v) is 4.63. The third-order valence-corrected chi connectivity index (χ3v) is 6.82. The Balaban J connectivity index is 1.97. The summed E-state index contributed by atoms with van der Waals surface area (Å²) in [7, 11) is 1.66. The normalized spacial score (nSPS) is 12.1. The average Bonchev–Trinajstić information content (AvgIpc) is 3.21. The summed E-state index contributed by atoms with van der Waals surface area (Å²) < 4.78 is 38.7. The molecular weight excluding hydrogens is 443 g/mol. The summed E-state index contributed by atoms with van der Waals surface area (Å²) in [5.41, 5.74) is 0.166. The van der Waals surface area contributed by atoms with Crippen LogP contribution in [0, 0.1) is 5.82 Å². The van der Waals surface area contributed by atoms with Crippen molar-refractivity contribution in [3.05, 3.63) is 58.3 Å². The molecule has 3 aromatic heterocycles. The Morgan fingerprint density at radius 1 is 1.19 bits per heavy atom. The maximum absolute atomic E-state index is 14.6. The van der Waals surface area contributed by atoms with Crippen LogP contribution in [-0.2, 0) is 17.3 Å². The molecule has 1 unspecified atom stereocenters. The molecule has 0 bridgehead atoms. The zero-order chi connectivity index (χ0) is 22.1. The Hall–Kier alpha value is -3.18. The van der Waals surface area contributed by atoms with E-state index in [2.05, 4.69) is 15.0 Å². The maximum Gasteiger partial charge on any atom is 0.281 e. The Morgan fingerprint density at radius 2 is 2.00 bits per heavy atom. The zero-order valence-corrected chi connectivity index (χ0v) is 18.4. The number of thiazole rings is 1. The average molecular weight is 461 g/mol. The summed E-state index contributed by atoms with van der Waals surface area (Å²) in [5, 5.41) is 0. The van der Waals surface area contributed by atoms with Gasteiger partial charge < -0.3 is 9.47 Å². The largest absolute Gasteiger partial charge is 0.497 e. The number of aromatic nitrogens is 4. The Morgan fingerprint density at radius 3 is 2.68 bits per heavy atom. The highest BCUT2D eigenvalue weighted by Gasteiger charge is 2.21. The molecule has 8 nitrogen and oxygen atoms in total. The van der Waals surface area contributed by atoms with E-state index in [1.165, 1.54) is 43.4 Å². The highest BCUT2D eigenvalue weighted by molar-refractivity contribution is 7.86. The van der Waals surface area contributed by atoms with Crippen LogP contribution in [0.4, 0.5) is 4.39 Å². The van der Waals surface area contributed by atoms with Gasteiger partial charge >= 0.3 is 0 Å². The predicted molar refractivity (Wildman–Crippen MR) is 116 cm³/mol. The van der Waals surface area contributed by atoms with Crippen LogP contribution >= 0.6 is 11.3 Å². The molecule has 0 aliphatic carbocycles. The Bertz CT molecular complexity index is 1370. The molecule has 0 radical (unpaired) electrons. The summed E-state index contributed by atoms with van der Waals surface area (Å²) in [6, 6.07) is 7.87. The van der Waals surface area contributed by atoms with E-state index in [0.29, 0.717) is 17.1 Å². The van der Waals surface area contributed by atoms with Gasteiger partial charge in [-0.15, -0.1) is 0 Å². The number of rotatable bonds is 6. The number of pyridine rings is 1. The van der Waals surface area contributed by atoms with Crippen molar-refractivity contribution >= 4 is 32.5 Å². The van der Waals surface area contributed by atoms with E-state index in [9.17, 15) is 13.4 Å². The molecule has 4 rings (SSSR count). The van der Waals surface area contributed by atoms with Crippen LogP contribution in [-0.4, -0.2) is 44.2 Å². The summed E-state index contributed by atoms with van der Waals surface area (Å²) >= 11 is 1.03. The van der Waals surface area contributed by atoms with Crippen molar-refractivity contribution in [2.75, 3.05) is 20.5 Å². The minimum atomic E-state index is -1.38. The third-order valence-electron chi connectivity index (χ3n) is 4.54. The van der Waals surface area contributed by atoms with Gasteiger partial charge in [0.25, 0.3) is 5.56 Å². The lowest BCUT2D eigenvalue weighted by Gasteiger charge is -2.15. The monoisotopic (exact) mass is 460 g/mol. The molecule has 0 aliphatic heterocycles. The molecule has 4 aromatic rings. The molecule has 0 saturated carbocycles. The van der Waals surface area contributed by atoms with Crippen LogP contribution in [0.5, 0.6) is 11.5 Å². The van der Waals surface area contributed by atoms with Gasteiger partial charge in [-0.25, -0.2) is 19.3 Å². The van der Waals surface area contributed by atoms with Gasteiger partial charge in [0, 0.05) is 24.1 Å². The third kappa shape index (κ3) is 3.93. The molecule has 0 fully saturated rings. The Labute approximate surface area is 182 Å². The maximum atomic E-state index is 14.6. The molecule has 3 heterocycles. The fraction of sp³-hybridized carbons (Fsp3) is 0.200. The Kier molecular flexibility index (Phi) is 5.79. The van der Waals surface area contributed by atoms with Crippen molar-refractivity contribution in [2.24, 2.45) is 0 Å². The summed E-state index contributed by atoms with van der Waals surface area (Å²) in [5.74, 6) is 0.512. The first-order valence-electron chi connectivity index (χ1n) is 8.99. The van der Waals surface area contributed by atoms with E-state index in [1.54, 1.807) is 18.2 Å². The van der Waals surface area contributed by atoms with Gasteiger partial charge in [-0.2, -0.15) is 0 Å². The number of methoxy groups -OCH3 is 2. The molecule has 11 heteroatoms. The van der Waals surface area contributed by atoms with Crippen molar-refractivity contribution in [1.82, 2.24) is 19.5 Å². The number of ether oxygens (including phenoxy) is 2. The number of halogens is 1. The SMILES string of the molecule is COc1ccc(Cn2c(-c3ncccc3F)nc3sc(S(C)=O)nc3c2=O)c(OC)c1. The zero-order valence-electron chi connectivity index (χ0n) is 16.8. The van der Waals surface area contributed by atoms with Crippen LogP contribution in [0.1, 0.15) is 5.56 Å². The van der Waals surface area contributed by atoms with E-state index in [-0.39, 0.29) is 32.7 Å². The lowest BCUT2D eigenvalue weighted by atomic mass is 10.1. The van der Waals surface area contributed by atoms with Crippen LogP contribution in [0.2, 0.25) is 0 Å². The molecule has 0 N–H and O–H groups in total. The molecule has 0 amide bonds. The molecule has 0 saturated heterocycles. The molecule has 160 valence electrons. The smallest absolute Gasteiger partial charge is 0.281 e. The molecule has 0 spiro atoms. The van der Waals surface area contributed by atoms with E-state index in [1.807, 2.05) is 0 Å². The first-order valence-corrected chi connectivity index (χ1v) is 11.4. The van der Waals surface area contributed by atoms with Crippen molar-refractivity contribution in [3.8, 4) is 23.0 Å². The van der Waals surface area contributed by atoms with E-state index < -0.39 is 22.2 Å². The second kappa shape index (κ2) is 8.52. The van der Waals surface area contributed by atoms with Crippen LogP contribution in [0.25, 0.3) is 21.9 Å². The van der Waals surface area contributed by atoms with Crippen molar-refractivity contribution in [3.63, 3.8) is 0 Å². The van der Waals surface area contributed by atoms with E-state index in [4.69, 9.17) is 9.47 Å².